The van der Waals surface area contributed by atoms with E-state index in [2.05, 4.69) is 5.32 Å². The molecule has 8 heteroatoms. The van der Waals surface area contributed by atoms with Crippen LogP contribution in [-0.2, 0) is 9.84 Å². The minimum Gasteiger partial charge on any atom is -0.350 e. The minimum absolute atomic E-state index is 0.0244. The van der Waals surface area contributed by atoms with Crippen LogP contribution < -0.4 is 5.32 Å². The Morgan fingerprint density at radius 2 is 2.10 bits per heavy atom. The number of non-ortho nitro benzene ring substituents is 1. The highest BCUT2D eigenvalue weighted by molar-refractivity contribution is 7.90. The van der Waals surface area contributed by atoms with Crippen molar-refractivity contribution in [3.8, 4) is 0 Å². The monoisotopic (exact) mass is 300 g/mol. The lowest BCUT2D eigenvalue weighted by molar-refractivity contribution is -0.384. The van der Waals surface area contributed by atoms with E-state index in [0.29, 0.717) is 6.42 Å². The molecule has 110 valence electrons. The van der Waals surface area contributed by atoms with E-state index in [9.17, 15) is 23.3 Å². The van der Waals surface area contributed by atoms with E-state index >= 15 is 0 Å². The summed E-state index contributed by atoms with van der Waals surface area (Å²) in [6.45, 7) is 1.68. The third-order valence-corrected chi connectivity index (χ3v) is 3.60. The zero-order chi connectivity index (χ0) is 15.3. The summed E-state index contributed by atoms with van der Waals surface area (Å²) < 4.78 is 22.0. The van der Waals surface area contributed by atoms with Crippen LogP contribution in [0.1, 0.15) is 23.7 Å². The Morgan fingerprint density at radius 1 is 1.45 bits per heavy atom. The molecular formula is C12H16N2O5S. The van der Waals surface area contributed by atoms with Crippen molar-refractivity contribution in [2.24, 2.45) is 0 Å². The summed E-state index contributed by atoms with van der Waals surface area (Å²) in [5.41, 5.74) is 0.00634. The number of carbonyl (C=O) groups excluding carboxylic acids is 1. The van der Waals surface area contributed by atoms with Crippen molar-refractivity contribution in [1.29, 1.82) is 0 Å². The van der Waals surface area contributed by atoms with Crippen molar-refractivity contribution < 1.29 is 18.1 Å². The van der Waals surface area contributed by atoms with Gasteiger partial charge in [-0.3, -0.25) is 14.9 Å². The predicted octanol–water partition coefficient (Wildman–Crippen LogP) is 1.15. The van der Waals surface area contributed by atoms with Gasteiger partial charge in [0.05, 0.1) is 10.7 Å². The van der Waals surface area contributed by atoms with Gasteiger partial charge in [0.15, 0.2) is 0 Å². The van der Waals surface area contributed by atoms with Crippen LogP contribution in [0.5, 0.6) is 0 Å². The van der Waals surface area contributed by atoms with Crippen LogP contribution in [0.25, 0.3) is 0 Å². The number of nitrogens with one attached hydrogen (secondary N) is 1. The van der Waals surface area contributed by atoms with E-state index in [1.165, 1.54) is 24.3 Å². The lowest BCUT2D eigenvalue weighted by atomic mass is 10.1. The minimum atomic E-state index is -3.08. The molecule has 0 aliphatic rings. The summed E-state index contributed by atoms with van der Waals surface area (Å²) in [7, 11) is -3.08. The van der Waals surface area contributed by atoms with Gasteiger partial charge in [-0.2, -0.15) is 0 Å². The number of carbonyl (C=O) groups is 1. The number of hydrogen-bond donors (Lipinski definition) is 1. The first-order valence-electron chi connectivity index (χ1n) is 5.92. The second kappa shape index (κ2) is 6.47. The van der Waals surface area contributed by atoms with Crippen LogP contribution in [0.3, 0.4) is 0 Å². The summed E-state index contributed by atoms with van der Waals surface area (Å²) >= 11 is 0. The number of sulfone groups is 1. The Bertz CT molecular complexity index is 612. The number of nitrogens with zero attached hydrogens (tertiary/aromatic N) is 1. The molecule has 1 rings (SSSR count). The third kappa shape index (κ3) is 5.35. The SMILES string of the molecule is CC(CCS(C)(=O)=O)NC(=O)c1cccc([N+](=O)[O-])c1. The predicted molar refractivity (Wildman–Crippen MR) is 74.4 cm³/mol. The molecule has 0 fully saturated rings. The van der Waals surface area contributed by atoms with Gasteiger partial charge in [0, 0.05) is 30.0 Å². The number of benzene rings is 1. The van der Waals surface area contributed by atoms with Gasteiger partial charge in [-0.25, -0.2) is 8.42 Å². The largest absolute Gasteiger partial charge is 0.350 e. The highest BCUT2D eigenvalue weighted by atomic mass is 32.2. The maximum Gasteiger partial charge on any atom is 0.270 e. The maximum absolute atomic E-state index is 11.9. The van der Waals surface area contributed by atoms with Crippen molar-refractivity contribution in [3.63, 3.8) is 0 Å². The van der Waals surface area contributed by atoms with Crippen LogP contribution in [-0.4, -0.2) is 37.3 Å². The van der Waals surface area contributed by atoms with Crippen molar-refractivity contribution in [1.82, 2.24) is 5.32 Å². The zero-order valence-electron chi connectivity index (χ0n) is 11.2. The molecule has 0 radical (unpaired) electrons. The second-order valence-electron chi connectivity index (χ2n) is 4.60. The highest BCUT2D eigenvalue weighted by Crippen LogP contribution is 2.13. The van der Waals surface area contributed by atoms with Crippen LogP contribution in [0, 0.1) is 10.1 Å². The summed E-state index contributed by atoms with van der Waals surface area (Å²) in [6, 6.07) is 5.03. The Hall–Kier alpha value is -1.96. The number of nitro benzene ring substituents is 1. The van der Waals surface area contributed by atoms with Gasteiger partial charge in [-0.05, 0) is 19.4 Å². The quantitative estimate of drug-likeness (QED) is 0.626. The molecule has 0 aromatic heterocycles. The average Bonchev–Trinajstić information content (AvgIpc) is 2.35. The molecule has 0 bridgehead atoms. The fourth-order valence-corrected chi connectivity index (χ4v) is 2.31. The molecule has 1 atom stereocenters. The first kappa shape index (κ1) is 16.1. The number of nitro groups is 1. The van der Waals surface area contributed by atoms with Crippen LogP contribution in [0.4, 0.5) is 5.69 Å². The normalized spacial score (nSPS) is 12.7. The van der Waals surface area contributed by atoms with E-state index < -0.39 is 20.7 Å². The molecule has 0 saturated carbocycles. The lowest BCUT2D eigenvalue weighted by Crippen LogP contribution is -2.33. The Labute approximate surface area is 117 Å². The Morgan fingerprint density at radius 3 is 2.65 bits per heavy atom. The van der Waals surface area contributed by atoms with Gasteiger partial charge in [-0.15, -0.1) is 0 Å². The fraction of sp³-hybridized carbons (Fsp3) is 0.417. The van der Waals surface area contributed by atoms with Gasteiger partial charge in [0.25, 0.3) is 11.6 Å². The standard InChI is InChI=1S/C12H16N2O5S/c1-9(6-7-20(2,18)19)13-12(15)10-4-3-5-11(8-10)14(16)17/h3-5,8-9H,6-7H2,1-2H3,(H,13,15). The molecule has 0 heterocycles. The molecule has 1 amide bonds. The summed E-state index contributed by atoms with van der Waals surface area (Å²) in [4.78, 5) is 21.9. The fourth-order valence-electron chi connectivity index (χ4n) is 1.53. The number of amides is 1. The van der Waals surface area contributed by atoms with Crippen LogP contribution in [0.2, 0.25) is 0 Å². The van der Waals surface area contributed by atoms with E-state index in [0.717, 1.165) is 6.26 Å². The van der Waals surface area contributed by atoms with E-state index in [1.807, 2.05) is 0 Å². The molecule has 1 N–H and O–H groups in total. The summed E-state index contributed by atoms with van der Waals surface area (Å²) in [6.07, 6.45) is 1.42. The van der Waals surface area contributed by atoms with E-state index in [1.54, 1.807) is 6.92 Å². The molecule has 0 saturated heterocycles. The number of rotatable bonds is 6. The van der Waals surface area contributed by atoms with Crippen LogP contribution in [0.15, 0.2) is 24.3 Å². The van der Waals surface area contributed by atoms with Crippen molar-refractivity contribution in [3.05, 3.63) is 39.9 Å². The molecule has 0 aliphatic heterocycles. The third-order valence-electron chi connectivity index (χ3n) is 2.62. The maximum atomic E-state index is 11.9. The molecule has 1 aromatic carbocycles. The average molecular weight is 300 g/mol. The first-order valence-corrected chi connectivity index (χ1v) is 7.98. The van der Waals surface area contributed by atoms with Crippen molar-refractivity contribution >= 4 is 21.4 Å². The van der Waals surface area contributed by atoms with E-state index in [-0.39, 0.29) is 23.0 Å². The summed E-state index contributed by atoms with van der Waals surface area (Å²) in [5, 5.41) is 13.2. The lowest BCUT2D eigenvalue weighted by Gasteiger charge is -2.13. The smallest absolute Gasteiger partial charge is 0.270 e. The molecule has 1 aromatic rings. The molecule has 1 unspecified atom stereocenters. The number of hydrogen-bond acceptors (Lipinski definition) is 5. The first-order chi connectivity index (χ1) is 9.19. The van der Waals surface area contributed by atoms with Crippen molar-refractivity contribution in [2.75, 3.05) is 12.0 Å². The van der Waals surface area contributed by atoms with Gasteiger partial charge in [0.2, 0.25) is 0 Å². The van der Waals surface area contributed by atoms with E-state index in [4.69, 9.17) is 0 Å². The Balaban J connectivity index is 2.67. The molecule has 0 spiro atoms. The topological polar surface area (TPSA) is 106 Å². The van der Waals surface area contributed by atoms with Gasteiger partial charge in [-0.1, -0.05) is 6.07 Å². The molecule has 20 heavy (non-hydrogen) atoms. The molecule has 7 nitrogen and oxygen atoms in total. The van der Waals surface area contributed by atoms with Crippen molar-refractivity contribution in [2.45, 2.75) is 19.4 Å². The summed E-state index contributed by atoms with van der Waals surface area (Å²) in [5.74, 6) is -0.488. The zero-order valence-corrected chi connectivity index (χ0v) is 12.0. The van der Waals surface area contributed by atoms with Gasteiger partial charge >= 0.3 is 0 Å². The molecule has 0 aliphatic carbocycles. The highest BCUT2D eigenvalue weighted by Gasteiger charge is 2.14. The van der Waals surface area contributed by atoms with Gasteiger partial charge < -0.3 is 5.32 Å². The Kier molecular flexibility index (Phi) is 5.20. The van der Waals surface area contributed by atoms with Gasteiger partial charge in [0.1, 0.15) is 9.84 Å². The molecular weight excluding hydrogens is 284 g/mol. The second-order valence-corrected chi connectivity index (χ2v) is 6.86. The van der Waals surface area contributed by atoms with Crippen LogP contribution >= 0.6 is 0 Å².